The maximum atomic E-state index is 12.8. The van der Waals surface area contributed by atoms with Gasteiger partial charge in [-0.05, 0) is 48.9 Å². The topological polar surface area (TPSA) is 52.7 Å². The van der Waals surface area contributed by atoms with Gasteiger partial charge in [0.2, 0.25) is 5.91 Å². The van der Waals surface area contributed by atoms with Gasteiger partial charge in [0, 0.05) is 43.2 Å². The summed E-state index contributed by atoms with van der Waals surface area (Å²) in [5, 5.41) is 2.91. The molecule has 1 N–H and O–H groups in total. The fourth-order valence-electron chi connectivity index (χ4n) is 3.45. The third kappa shape index (κ3) is 5.29. The lowest BCUT2D eigenvalue weighted by molar-refractivity contribution is -0.136. The number of carbonyl (C=O) groups excluding carboxylic acids is 2. The molecule has 0 spiro atoms. The first-order chi connectivity index (χ1) is 13.6. The first kappa shape index (κ1) is 20.3. The van der Waals surface area contributed by atoms with Crippen molar-refractivity contribution < 1.29 is 9.59 Å². The van der Waals surface area contributed by atoms with Crippen LogP contribution in [0.1, 0.15) is 18.4 Å². The number of hydrogen-bond donors (Lipinski definition) is 1. The number of nitrogens with one attached hydrogen (secondary N) is 1. The molecule has 0 bridgehead atoms. The number of carbonyl (C=O) groups is 2. The Morgan fingerprint density at radius 3 is 2.32 bits per heavy atom. The summed E-state index contributed by atoms with van der Waals surface area (Å²) >= 11 is 1.71. The molecule has 2 aromatic rings. The zero-order valence-electron chi connectivity index (χ0n) is 16.4. The second kappa shape index (κ2) is 9.64. The van der Waals surface area contributed by atoms with Crippen LogP contribution in [0.3, 0.4) is 0 Å². The average molecular weight is 398 g/mol. The van der Waals surface area contributed by atoms with Crippen LogP contribution in [0.2, 0.25) is 0 Å². The Morgan fingerprint density at radius 1 is 1.07 bits per heavy atom. The SMILES string of the molecule is CSc1ccc(CN(C)C(=O)C2CCN(C(=O)Nc3ccccc3)CC2)cc1. The van der Waals surface area contributed by atoms with E-state index in [1.807, 2.05) is 37.4 Å². The Morgan fingerprint density at radius 2 is 1.71 bits per heavy atom. The highest BCUT2D eigenvalue weighted by Crippen LogP contribution is 2.22. The van der Waals surface area contributed by atoms with Crippen molar-refractivity contribution in [3.05, 3.63) is 60.2 Å². The van der Waals surface area contributed by atoms with Gasteiger partial charge in [0.1, 0.15) is 0 Å². The molecule has 5 nitrogen and oxygen atoms in total. The molecule has 0 atom stereocenters. The van der Waals surface area contributed by atoms with Gasteiger partial charge < -0.3 is 15.1 Å². The molecule has 6 heteroatoms. The first-order valence-corrected chi connectivity index (χ1v) is 10.8. The number of para-hydroxylation sites is 1. The van der Waals surface area contributed by atoms with E-state index in [9.17, 15) is 9.59 Å². The zero-order chi connectivity index (χ0) is 19.9. The number of piperidine rings is 1. The fraction of sp³-hybridized carbons (Fsp3) is 0.364. The number of rotatable bonds is 5. The van der Waals surface area contributed by atoms with E-state index in [2.05, 4.69) is 35.8 Å². The highest BCUT2D eigenvalue weighted by atomic mass is 32.2. The molecule has 1 aliphatic rings. The van der Waals surface area contributed by atoms with Crippen LogP contribution in [-0.4, -0.2) is 48.1 Å². The molecule has 1 aliphatic heterocycles. The Bertz CT molecular complexity index is 787. The lowest BCUT2D eigenvalue weighted by atomic mass is 9.95. The summed E-state index contributed by atoms with van der Waals surface area (Å²) in [5.74, 6) is 0.147. The lowest BCUT2D eigenvalue weighted by Crippen LogP contribution is -2.44. The molecule has 2 aromatic carbocycles. The number of anilines is 1. The molecule has 3 amide bonds. The van der Waals surface area contributed by atoms with Crippen LogP contribution in [0.4, 0.5) is 10.5 Å². The maximum absolute atomic E-state index is 12.8. The molecule has 1 heterocycles. The van der Waals surface area contributed by atoms with Gasteiger partial charge in [0.05, 0.1) is 0 Å². The molecule has 1 fully saturated rings. The van der Waals surface area contributed by atoms with E-state index >= 15 is 0 Å². The van der Waals surface area contributed by atoms with E-state index in [1.54, 1.807) is 21.6 Å². The zero-order valence-corrected chi connectivity index (χ0v) is 17.2. The molecular weight excluding hydrogens is 370 g/mol. The summed E-state index contributed by atoms with van der Waals surface area (Å²) in [7, 11) is 1.86. The molecule has 0 aliphatic carbocycles. The minimum absolute atomic E-state index is 0.0174. The molecule has 0 unspecified atom stereocenters. The molecule has 28 heavy (non-hydrogen) atoms. The third-order valence-electron chi connectivity index (χ3n) is 5.11. The predicted octanol–water partition coefficient (Wildman–Crippen LogP) is 4.31. The van der Waals surface area contributed by atoms with Crippen LogP contribution < -0.4 is 5.32 Å². The number of urea groups is 1. The van der Waals surface area contributed by atoms with Crippen molar-refractivity contribution in [2.45, 2.75) is 24.3 Å². The number of likely N-dealkylation sites (tertiary alicyclic amines) is 1. The van der Waals surface area contributed by atoms with Gasteiger partial charge in [-0.2, -0.15) is 0 Å². The summed E-state index contributed by atoms with van der Waals surface area (Å²) in [6, 6.07) is 17.7. The second-order valence-electron chi connectivity index (χ2n) is 7.10. The summed E-state index contributed by atoms with van der Waals surface area (Å²) in [6.07, 6.45) is 3.46. The maximum Gasteiger partial charge on any atom is 0.321 e. The van der Waals surface area contributed by atoms with Crippen LogP contribution in [0.15, 0.2) is 59.5 Å². The van der Waals surface area contributed by atoms with Crippen LogP contribution >= 0.6 is 11.8 Å². The third-order valence-corrected chi connectivity index (χ3v) is 5.86. The van der Waals surface area contributed by atoms with Crippen molar-refractivity contribution in [2.24, 2.45) is 5.92 Å². The molecule has 0 aromatic heterocycles. The highest BCUT2D eigenvalue weighted by molar-refractivity contribution is 7.98. The van der Waals surface area contributed by atoms with Crippen LogP contribution in [0.5, 0.6) is 0 Å². The van der Waals surface area contributed by atoms with E-state index in [4.69, 9.17) is 0 Å². The number of thioether (sulfide) groups is 1. The van der Waals surface area contributed by atoms with Gasteiger partial charge in [-0.25, -0.2) is 4.79 Å². The minimum Gasteiger partial charge on any atom is -0.341 e. The quantitative estimate of drug-likeness (QED) is 0.765. The summed E-state index contributed by atoms with van der Waals surface area (Å²) in [5.41, 5.74) is 1.92. The van der Waals surface area contributed by atoms with E-state index in [1.165, 1.54) is 4.90 Å². The summed E-state index contributed by atoms with van der Waals surface area (Å²) in [4.78, 5) is 30.0. The van der Waals surface area contributed by atoms with Crippen molar-refractivity contribution in [1.82, 2.24) is 9.80 Å². The number of nitrogens with zero attached hydrogens (tertiary/aromatic N) is 2. The molecule has 0 saturated carbocycles. The first-order valence-electron chi connectivity index (χ1n) is 9.55. The Balaban J connectivity index is 1.47. The molecule has 148 valence electrons. The van der Waals surface area contributed by atoms with Gasteiger partial charge in [-0.15, -0.1) is 11.8 Å². The van der Waals surface area contributed by atoms with Crippen LogP contribution in [0.25, 0.3) is 0 Å². The minimum atomic E-state index is -0.0978. The van der Waals surface area contributed by atoms with E-state index < -0.39 is 0 Å². The van der Waals surface area contributed by atoms with Crippen molar-refractivity contribution in [2.75, 3.05) is 31.7 Å². The predicted molar refractivity (Wildman–Crippen MR) is 114 cm³/mol. The van der Waals surface area contributed by atoms with Crippen LogP contribution in [-0.2, 0) is 11.3 Å². The molecule has 1 saturated heterocycles. The lowest BCUT2D eigenvalue weighted by Gasteiger charge is -2.33. The summed E-state index contributed by atoms with van der Waals surface area (Å²) < 4.78 is 0. The van der Waals surface area contributed by atoms with Crippen molar-refractivity contribution >= 4 is 29.4 Å². The number of hydrogen-bond acceptors (Lipinski definition) is 3. The number of benzene rings is 2. The number of amides is 3. The van der Waals surface area contributed by atoms with Crippen molar-refractivity contribution in [3.8, 4) is 0 Å². The largest absolute Gasteiger partial charge is 0.341 e. The Hall–Kier alpha value is -2.47. The Labute approximate surface area is 171 Å². The second-order valence-corrected chi connectivity index (χ2v) is 7.98. The molecule has 0 radical (unpaired) electrons. The van der Waals surface area contributed by atoms with Gasteiger partial charge in [0.25, 0.3) is 0 Å². The van der Waals surface area contributed by atoms with E-state index in [0.29, 0.717) is 32.5 Å². The van der Waals surface area contributed by atoms with Gasteiger partial charge in [-0.1, -0.05) is 30.3 Å². The fourth-order valence-corrected chi connectivity index (χ4v) is 3.86. The summed E-state index contributed by atoms with van der Waals surface area (Å²) in [6.45, 7) is 1.82. The average Bonchev–Trinajstić information content (AvgIpc) is 2.74. The smallest absolute Gasteiger partial charge is 0.321 e. The normalized spacial score (nSPS) is 14.6. The molecule has 3 rings (SSSR count). The Kier molecular flexibility index (Phi) is 6.98. The van der Waals surface area contributed by atoms with Gasteiger partial charge in [0.15, 0.2) is 0 Å². The van der Waals surface area contributed by atoms with E-state index in [0.717, 1.165) is 11.3 Å². The van der Waals surface area contributed by atoms with Gasteiger partial charge >= 0.3 is 6.03 Å². The van der Waals surface area contributed by atoms with E-state index in [-0.39, 0.29) is 17.9 Å². The van der Waals surface area contributed by atoms with Gasteiger partial charge in [-0.3, -0.25) is 4.79 Å². The van der Waals surface area contributed by atoms with Crippen LogP contribution in [0, 0.1) is 5.92 Å². The monoisotopic (exact) mass is 397 g/mol. The highest BCUT2D eigenvalue weighted by Gasteiger charge is 2.29. The molecular formula is C22H27N3O2S. The standard InChI is InChI=1S/C22H27N3O2S/c1-24(16-17-8-10-20(28-2)11-9-17)21(26)18-12-14-25(15-13-18)22(27)23-19-6-4-3-5-7-19/h3-11,18H,12-16H2,1-2H3,(H,23,27). The van der Waals surface area contributed by atoms with Crippen molar-refractivity contribution in [1.29, 1.82) is 0 Å². The van der Waals surface area contributed by atoms with Crippen molar-refractivity contribution in [3.63, 3.8) is 0 Å².